The summed E-state index contributed by atoms with van der Waals surface area (Å²) >= 11 is 0. The summed E-state index contributed by atoms with van der Waals surface area (Å²) in [6.07, 6.45) is -4.21. The van der Waals surface area contributed by atoms with Crippen molar-refractivity contribution < 1.29 is 32.1 Å². The molecule has 7 heteroatoms. The minimum Gasteiger partial charge on any atom is -0.491 e. The molecular weight excluding hydrogens is 361 g/mol. The molecule has 0 bridgehead atoms. The lowest BCUT2D eigenvalue weighted by atomic mass is 9.90. The molecule has 2 aromatic carbocycles. The molecule has 0 radical (unpaired) electrons. The van der Waals surface area contributed by atoms with Gasteiger partial charge in [0.1, 0.15) is 42.8 Å². The Balaban J connectivity index is 1.48. The molecule has 0 aromatic heterocycles. The zero-order chi connectivity index (χ0) is 18.9. The zero-order valence-corrected chi connectivity index (χ0v) is 14.4. The van der Waals surface area contributed by atoms with Crippen molar-refractivity contribution in [2.45, 2.75) is 24.3 Å². The van der Waals surface area contributed by atoms with Crippen molar-refractivity contribution in [1.82, 2.24) is 0 Å². The topological polar surface area (TPSA) is 43.5 Å². The molecule has 2 aliphatic rings. The van der Waals surface area contributed by atoms with Crippen molar-refractivity contribution in [2.24, 2.45) is 0 Å². The Bertz CT molecular complexity index is 691. The minimum atomic E-state index is -4.41. The predicted octanol–water partition coefficient (Wildman–Crippen LogP) is 3.94. The van der Waals surface area contributed by atoms with E-state index >= 15 is 0 Å². The molecule has 4 nitrogen and oxygen atoms in total. The van der Waals surface area contributed by atoms with Crippen molar-refractivity contribution in [3.05, 3.63) is 59.7 Å². The fourth-order valence-electron chi connectivity index (χ4n) is 2.79. The highest BCUT2D eigenvalue weighted by Gasteiger charge is 2.41. The van der Waals surface area contributed by atoms with Crippen molar-refractivity contribution in [2.75, 3.05) is 26.4 Å². The standard InChI is InChI=1S/C20H19F3O4/c21-20(22,23)19(13-1-5-15(6-2-13)24-9-17-11-26-17)14-3-7-16(8-4-14)25-10-18-12-27-18/h1-8,17-19H,9-12H2. The Labute approximate surface area is 154 Å². The minimum absolute atomic E-state index is 0.0970. The normalized spacial score (nSPS) is 22.2. The van der Waals surface area contributed by atoms with Crippen LogP contribution in [0.4, 0.5) is 13.2 Å². The van der Waals surface area contributed by atoms with E-state index in [1.165, 1.54) is 24.3 Å². The molecule has 0 aliphatic carbocycles. The summed E-state index contributed by atoms with van der Waals surface area (Å²) in [7, 11) is 0. The van der Waals surface area contributed by atoms with Gasteiger partial charge in [-0.1, -0.05) is 24.3 Å². The molecule has 0 spiro atoms. The predicted molar refractivity (Wildman–Crippen MR) is 91.3 cm³/mol. The third-order valence-corrected chi connectivity index (χ3v) is 4.43. The molecule has 144 valence electrons. The summed E-state index contributed by atoms with van der Waals surface area (Å²) in [5.41, 5.74) is 0.329. The molecule has 2 atom stereocenters. The molecule has 2 aliphatic heterocycles. The van der Waals surface area contributed by atoms with Crippen molar-refractivity contribution in [3.8, 4) is 11.5 Å². The van der Waals surface area contributed by atoms with Gasteiger partial charge in [-0.3, -0.25) is 0 Å². The van der Waals surface area contributed by atoms with Gasteiger partial charge < -0.3 is 18.9 Å². The Hall–Kier alpha value is -2.25. The van der Waals surface area contributed by atoms with Crippen LogP contribution in [0.3, 0.4) is 0 Å². The number of epoxide rings is 2. The number of ether oxygens (including phenoxy) is 4. The number of benzene rings is 2. The SMILES string of the molecule is FC(F)(F)C(c1ccc(OCC2CO2)cc1)c1ccc(OCC2CO2)cc1. The molecule has 4 rings (SSSR count). The average molecular weight is 380 g/mol. The van der Waals surface area contributed by atoms with Gasteiger partial charge in [0.05, 0.1) is 13.2 Å². The molecule has 2 heterocycles. The molecular formula is C20H19F3O4. The van der Waals surface area contributed by atoms with Crippen LogP contribution in [-0.4, -0.2) is 44.8 Å². The first-order chi connectivity index (χ1) is 13.0. The van der Waals surface area contributed by atoms with E-state index in [1.54, 1.807) is 24.3 Å². The largest absolute Gasteiger partial charge is 0.491 e. The summed E-state index contributed by atoms with van der Waals surface area (Å²) in [5, 5.41) is 0. The summed E-state index contributed by atoms with van der Waals surface area (Å²) in [6, 6.07) is 12.1. The Morgan fingerprint density at radius 3 is 1.44 bits per heavy atom. The van der Waals surface area contributed by atoms with Crippen LogP contribution < -0.4 is 9.47 Å². The van der Waals surface area contributed by atoms with Gasteiger partial charge in [0.2, 0.25) is 0 Å². The quantitative estimate of drug-likeness (QED) is 0.651. The monoisotopic (exact) mass is 380 g/mol. The maximum absolute atomic E-state index is 13.7. The van der Waals surface area contributed by atoms with E-state index < -0.39 is 12.1 Å². The van der Waals surface area contributed by atoms with Crippen LogP contribution in [0, 0.1) is 0 Å². The average Bonchev–Trinajstić information content (AvgIpc) is 3.54. The van der Waals surface area contributed by atoms with Crippen LogP contribution in [0.5, 0.6) is 11.5 Å². The van der Waals surface area contributed by atoms with Crippen LogP contribution >= 0.6 is 0 Å². The summed E-state index contributed by atoms with van der Waals surface area (Å²) in [6.45, 7) is 2.16. The van der Waals surface area contributed by atoms with Gasteiger partial charge in [0.15, 0.2) is 0 Å². The van der Waals surface area contributed by atoms with Gasteiger partial charge in [-0.2, -0.15) is 13.2 Å². The number of hydrogen-bond acceptors (Lipinski definition) is 4. The molecule has 27 heavy (non-hydrogen) atoms. The van der Waals surface area contributed by atoms with E-state index in [2.05, 4.69) is 0 Å². The first-order valence-electron chi connectivity index (χ1n) is 8.74. The van der Waals surface area contributed by atoms with Gasteiger partial charge in [-0.05, 0) is 35.4 Å². The molecule has 2 fully saturated rings. The van der Waals surface area contributed by atoms with Gasteiger partial charge in [0.25, 0.3) is 0 Å². The lowest BCUT2D eigenvalue weighted by molar-refractivity contribution is -0.141. The van der Waals surface area contributed by atoms with E-state index in [-0.39, 0.29) is 23.3 Å². The van der Waals surface area contributed by atoms with E-state index in [0.717, 1.165) is 0 Å². The fraction of sp³-hybridized carbons (Fsp3) is 0.400. The Kier molecular flexibility index (Phi) is 4.97. The number of rotatable bonds is 8. The number of hydrogen-bond donors (Lipinski definition) is 0. The second-order valence-electron chi connectivity index (χ2n) is 6.65. The summed E-state index contributed by atoms with van der Waals surface area (Å²) in [4.78, 5) is 0. The molecule has 2 aromatic rings. The molecule has 2 unspecified atom stereocenters. The number of alkyl halides is 3. The molecule has 2 saturated heterocycles. The maximum atomic E-state index is 13.7. The van der Waals surface area contributed by atoms with Crippen LogP contribution in [0.1, 0.15) is 17.0 Å². The molecule has 0 saturated carbocycles. The van der Waals surface area contributed by atoms with E-state index in [1.807, 2.05) is 0 Å². The maximum Gasteiger partial charge on any atom is 0.399 e. The smallest absolute Gasteiger partial charge is 0.399 e. The van der Waals surface area contributed by atoms with Gasteiger partial charge in [0, 0.05) is 0 Å². The van der Waals surface area contributed by atoms with Crippen molar-refractivity contribution in [3.63, 3.8) is 0 Å². The molecule has 0 N–H and O–H groups in total. The van der Waals surface area contributed by atoms with Crippen LogP contribution in [0.15, 0.2) is 48.5 Å². The third-order valence-electron chi connectivity index (χ3n) is 4.43. The Morgan fingerprint density at radius 1 is 0.778 bits per heavy atom. The van der Waals surface area contributed by atoms with Gasteiger partial charge >= 0.3 is 6.18 Å². The molecule has 0 amide bonds. The van der Waals surface area contributed by atoms with Gasteiger partial charge in [-0.25, -0.2) is 0 Å². The van der Waals surface area contributed by atoms with E-state index in [4.69, 9.17) is 18.9 Å². The lowest BCUT2D eigenvalue weighted by Crippen LogP contribution is -2.22. The van der Waals surface area contributed by atoms with Crippen molar-refractivity contribution >= 4 is 0 Å². The van der Waals surface area contributed by atoms with Crippen LogP contribution in [0.2, 0.25) is 0 Å². The summed E-state index contributed by atoms with van der Waals surface area (Å²) < 4.78 is 62.2. The Morgan fingerprint density at radius 2 is 1.15 bits per heavy atom. The van der Waals surface area contributed by atoms with E-state index in [0.29, 0.717) is 37.9 Å². The highest BCUT2D eigenvalue weighted by Crippen LogP contribution is 2.41. The van der Waals surface area contributed by atoms with Crippen molar-refractivity contribution in [1.29, 1.82) is 0 Å². The highest BCUT2D eigenvalue weighted by molar-refractivity contribution is 5.39. The zero-order valence-electron chi connectivity index (χ0n) is 14.4. The summed E-state index contributed by atoms with van der Waals surface area (Å²) in [5.74, 6) is -0.651. The number of halogens is 3. The lowest BCUT2D eigenvalue weighted by Gasteiger charge is -2.22. The van der Waals surface area contributed by atoms with Crippen LogP contribution in [0.25, 0.3) is 0 Å². The second kappa shape index (κ2) is 7.40. The highest BCUT2D eigenvalue weighted by atomic mass is 19.4. The van der Waals surface area contributed by atoms with Crippen LogP contribution in [-0.2, 0) is 9.47 Å². The third kappa shape index (κ3) is 4.93. The first-order valence-corrected chi connectivity index (χ1v) is 8.74. The second-order valence-corrected chi connectivity index (χ2v) is 6.65. The van der Waals surface area contributed by atoms with E-state index in [9.17, 15) is 13.2 Å². The fourth-order valence-corrected chi connectivity index (χ4v) is 2.79. The van der Waals surface area contributed by atoms with Gasteiger partial charge in [-0.15, -0.1) is 0 Å². The first kappa shape index (κ1) is 18.1.